The van der Waals surface area contributed by atoms with Crippen LogP contribution in [-0.2, 0) is 6.18 Å². The van der Waals surface area contributed by atoms with Gasteiger partial charge in [0.2, 0.25) is 0 Å². The summed E-state index contributed by atoms with van der Waals surface area (Å²) in [5.74, 6) is -0.107. The van der Waals surface area contributed by atoms with E-state index in [1.165, 1.54) is 12.4 Å². The first-order chi connectivity index (χ1) is 10.8. The van der Waals surface area contributed by atoms with Gasteiger partial charge in [-0.2, -0.15) is 18.2 Å². The molecule has 0 aliphatic carbocycles. The van der Waals surface area contributed by atoms with E-state index in [1.807, 2.05) is 0 Å². The third kappa shape index (κ3) is 2.54. The van der Waals surface area contributed by atoms with Gasteiger partial charge in [0.1, 0.15) is 5.82 Å². The topological polar surface area (TPSA) is 89.6 Å². The van der Waals surface area contributed by atoms with Crippen molar-refractivity contribution in [3.05, 3.63) is 52.5 Å². The van der Waals surface area contributed by atoms with Gasteiger partial charge >= 0.3 is 11.9 Å². The molecule has 2 aromatic heterocycles. The van der Waals surface area contributed by atoms with Crippen LogP contribution in [0.25, 0.3) is 10.9 Å². The van der Waals surface area contributed by atoms with Gasteiger partial charge in [0.05, 0.1) is 29.1 Å². The summed E-state index contributed by atoms with van der Waals surface area (Å²) in [7, 11) is 0. The third-order valence-corrected chi connectivity index (χ3v) is 3.62. The number of hydrogen-bond donors (Lipinski definition) is 2. The number of nitrogens with two attached hydrogens (primary N) is 1. The Morgan fingerprint density at radius 2 is 2.09 bits per heavy atom. The first-order valence-electron chi connectivity index (χ1n) is 6.66. The van der Waals surface area contributed by atoms with Gasteiger partial charge in [-0.3, -0.25) is 4.57 Å². The third-order valence-electron chi connectivity index (χ3n) is 3.62. The number of fused-ring (bicyclic) bond motifs is 1. The Labute approximate surface area is 127 Å². The van der Waals surface area contributed by atoms with Crippen LogP contribution in [0.15, 0.2) is 35.5 Å². The average Bonchev–Trinajstić information content (AvgIpc) is 2.99. The van der Waals surface area contributed by atoms with Crippen molar-refractivity contribution in [1.82, 2.24) is 19.5 Å². The molecule has 6 nitrogen and oxygen atoms in total. The van der Waals surface area contributed by atoms with E-state index in [-0.39, 0.29) is 16.7 Å². The molecule has 3 N–H and O–H groups in total. The molecule has 0 saturated heterocycles. The maximum Gasteiger partial charge on any atom is 0.416 e. The van der Waals surface area contributed by atoms with Crippen molar-refractivity contribution < 1.29 is 13.2 Å². The molecule has 3 rings (SSSR count). The Morgan fingerprint density at radius 3 is 2.70 bits per heavy atom. The molecule has 120 valence electrons. The molecule has 23 heavy (non-hydrogen) atoms. The minimum atomic E-state index is -4.53. The van der Waals surface area contributed by atoms with Crippen LogP contribution in [0.3, 0.4) is 0 Å². The van der Waals surface area contributed by atoms with Crippen LogP contribution in [0.2, 0.25) is 0 Å². The summed E-state index contributed by atoms with van der Waals surface area (Å²) in [5, 5.41) is 0.278. The Morgan fingerprint density at radius 1 is 1.35 bits per heavy atom. The first kappa shape index (κ1) is 15.1. The Kier molecular flexibility index (Phi) is 3.35. The normalized spacial score (nSPS) is 13.4. The second-order valence-corrected chi connectivity index (χ2v) is 5.05. The molecule has 2 heterocycles. The van der Waals surface area contributed by atoms with E-state index in [1.54, 1.807) is 13.1 Å². The van der Waals surface area contributed by atoms with E-state index < -0.39 is 23.5 Å². The summed E-state index contributed by atoms with van der Waals surface area (Å²) in [5.41, 5.74) is 4.64. The highest BCUT2D eigenvalue weighted by Gasteiger charge is 2.31. The molecule has 3 aromatic rings. The highest BCUT2D eigenvalue weighted by molar-refractivity contribution is 5.88. The summed E-state index contributed by atoms with van der Waals surface area (Å²) < 4.78 is 40.1. The van der Waals surface area contributed by atoms with Gasteiger partial charge < -0.3 is 10.7 Å². The fourth-order valence-corrected chi connectivity index (χ4v) is 2.45. The molecule has 1 aromatic carbocycles. The zero-order valence-corrected chi connectivity index (χ0v) is 11.9. The number of hydrogen-bond acceptors (Lipinski definition) is 4. The first-order valence-corrected chi connectivity index (χ1v) is 6.66. The number of rotatable bonds is 2. The van der Waals surface area contributed by atoms with Crippen LogP contribution in [0.5, 0.6) is 0 Å². The molecule has 0 aliphatic heterocycles. The van der Waals surface area contributed by atoms with Crippen molar-refractivity contribution in [2.24, 2.45) is 0 Å². The highest BCUT2D eigenvalue weighted by atomic mass is 19.4. The largest absolute Gasteiger partial charge is 0.416 e. The van der Waals surface area contributed by atoms with E-state index >= 15 is 0 Å². The Bertz CT molecular complexity index is 915. The Hall–Kier alpha value is -2.84. The average molecular weight is 323 g/mol. The van der Waals surface area contributed by atoms with Gasteiger partial charge in [-0.15, -0.1) is 0 Å². The van der Waals surface area contributed by atoms with E-state index in [2.05, 4.69) is 15.0 Å². The van der Waals surface area contributed by atoms with Crippen molar-refractivity contribution in [1.29, 1.82) is 0 Å². The number of halogens is 3. The second kappa shape index (κ2) is 5.11. The van der Waals surface area contributed by atoms with Gasteiger partial charge in [0.25, 0.3) is 0 Å². The van der Waals surface area contributed by atoms with Crippen molar-refractivity contribution in [2.45, 2.75) is 19.1 Å². The number of aromatic nitrogens is 4. The van der Waals surface area contributed by atoms with Crippen molar-refractivity contribution >= 4 is 16.7 Å². The molecule has 0 aliphatic rings. The van der Waals surface area contributed by atoms with Gasteiger partial charge in [-0.05, 0) is 25.1 Å². The quantitative estimate of drug-likeness (QED) is 0.757. The van der Waals surface area contributed by atoms with E-state index in [4.69, 9.17) is 5.73 Å². The fourth-order valence-electron chi connectivity index (χ4n) is 2.45. The molecule has 1 unspecified atom stereocenters. The number of H-pyrrole nitrogens is 1. The predicted octanol–water partition coefficient (Wildman–Crippen LogP) is 2.33. The lowest BCUT2D eigenvalue weighted by Gasteiger charge is -2.17. The van der Waals surface area contributed by atoms with Crippen molar-refractivity contribution in [3.8, 4) is 0 Å². The number of nitrogens with zero attached hydrogens (tertiary/aromatic N) is 3. The standard InChI is InChI=1S/C14H12F3N5O/c1-7(10-5-19-6-20-10)22-11-4-8(14(15,16)17)2-3-9(11)12(18)21-13(22)23/h2-7H,1H3,(H,19,20)(H2,18,21,23). The maximum absolute atomic E-state index is 13.0. The zero-order chi connectivity index (χ0) is 16.8. The lowest BCUT2D eigenvalue weighted by atomic mass is 10.1. The highest BCUT2D eigenvalue weighted by Crippen LogP contribution is 2.32. The van der Waals surface area contributed by atoms with Gasteiger partial charge in [0, 0.05) is 11.6 Å². The molecular weight excluding hydrogens is 311 g/mol. The van der Waals surface area contributed by atoms with Crippen LogP contribution in [-0.4, -0.2) is 19.5 Å². The number of anilines is 1. The van der Waals surface area contributed by atoms with Crippen molar-refractivity contribution in [3.63, 3.8) is 0 Å². The van der Waals surface area contributed by atoms with Crippen LogP contribution in [0.1, 0.15) is 24.2 Å². The number of aromatic amines is 1. The summed E-state index contributed by atoms with van der Waals surface area (Å²) in [4.78, 5) is 22.7. The number of imidazole rings is 1. The number of nitrogen functional groups attached to an aromatic ring is 1. The van der Waals surface area contributed by atoms with Gasteiger partial charge in [-0.1, -0.05) is 0 Å². The number of alkyl halides is 3. The van der Waals surface area contributed by atoms with Gasteiger partial charge in [-0.25, -0.2) is 9.78 Å². The minimum absolute atomic E-state index is 0.0628. The van der Waals surface area contributed by atoms with Crippen LogP contribution in [0.4, 0.5) is 19.0 Å². The predicted molar refractivity (Wildman–Crippen MR) is 77.8 cm³/mol. The molecule has 0 fully saturated rings. The fraction of sp³-hybridized carbons (Fsp3) is 0.214. The molecule has 0 saturated carbocycles. The molecule has 0 radical (unpaired) electrons. The second-order valence-electron chi connectivity index (χ2n) is 5.05. The SMILES string of the molecule is CC(c1c[nH]cn1)n1c(=O)nc(N)c2ccc(C(F)(F)F)cc21. The summed E-state index contributed by atoms with van der Waals surface area (Å²) in [6.45, 7) is 1.65. The molecule has 0 amide bonds. The van der Waals surface area contributed by atoms with E-state index in [0.29, 0.717) is 5.69 Å². The molecule has 9 heteroatoms. The van der Waals surface area contributed by atoms with E-state index in [0.717, 1.165) is 16.7 Å². The lowest BCUT2D eigenvalue weighted by Crippen LogP contribution is -2.28. The molecular formula is C14H12F3N5O. The lowest BCUT2D eigenvalue weighted by molar-refractivity contribution is -0.137. The number of benzene rings is 1. The summed E-state index contributed by atoms with van der Waals surface area (Å²) in [6, 6.07) is 2.42. The number of nitrogens with one attached hydrogen (secondary N) is 1. The Balaban J connectivity index is 2.33. The minimum Gasteiger partial charge on any atom is -0.383 e. The smallest absolute Gasteiger partial charge is 0.383 e. The zero-order valence-electron chi connectivity index (χ0n) is 11.9. The summed E-state index contributed by atoms with van der Waals surface area (Å²) in [6.07, 6.45) is -1.54. The maximum atomic E-state index is 13.0. The molecule has 0 spiro atoms. The van der Waals surface area contributed by atoms with Crippen LogP contribution in [0, 0.1) is 0 Å². The molecule has 1 atom stereocenters. The monoisotopic (exact) mass is 323 g/mol. The van der Waals surface area contributed by atoms with Gasteiger partial charge in [0.15, 0.2) is 0 Å². The van der Waals surface area contributed by atoms with Crippen LogP contribution >= 0.6 is 0 Å². The van der Waals surface area contributed by atoms with Crippen LogP contribution < -0.4 is 11.4 Å². The summed E-state index contributed by atoms with van der Waals surface area (Å²) >= 11 is 0. The molecule has 0 bridgehead atoms. The van der Waals surface area contributed by atoms with Crippen molar-refractivity contribution in [2.75, 3.05) is 5.73 Å². The van der Waals surface area contributed by atoms with E-state index in [9.17, 15) is 18.0 Å².